The van der Waals surface area contributed by atoms with E-state index in [2.05, 4.69) is 9.38 Å². The summed E-state index contributed by atoms with van der Waals surface area (Å²) in [5, 5.41) is 0. The molecule has 0 spiro atoms. The highest BCUT2D eigenvalue weighted by atomic mass is 32.2. The molecule has 9 heteroatoms. The number of nitrogens with zero attached hydrogens (tertiary/aromatic N) is 3. The van der Waals surface area contributed by atoms with Crippen LogP contribution >= 0.6 is 0 Å². The largest absolute Gasteiger partial charge is 0.443 e. The SMILES string of the molecule is CC(C)(C)OC(=O)N(C(=O)OC(C)(C)C)c1cccc(C=N[S@](=O)C(C)(C)C)n1. The molecule has 162 valence electrons. The fourth-order valence-electron chi connectivity index (χ4n) is 1.77. The molecule has 0 aliphatic heterocycles. The van der Waals surface area contributed by atoms with Gasteiger partial charge in [0.2, 0.25) is 0 Å². The van der Waals surface area contributed by atoms with E-state index in [9.17, 15) is 13.8 Å². The molecular formula is C20H31N3O5S. The van der Waals surface area contributed by atoms with Gasteiger partial charge < -0.3 is 9.47 Å². The Morgan fingerprint density at radius 3 is 1.86 bits per heavy atom. The first-order valence-electron chi connectivity index (χ1n) is 9.19. The highest BCUT2D eigenvalue weighted by molar-refractivity contribution is 7.85. The summed E-state index contributed by atoms with van der Waals surface area (Å²) >= 11 is 0. The van der Waals surface area contributed by atoms with Crippen LogP contribution in [-0.2, 0) is 20.5 Å². The van der Waals surface area contributed by atoms with Crippen LogP contribution in [0.25, 0.3) is 0 Å². The van der Waals surface area contributed by atoms with Gasteiger partial charge in [-0.25, -0.2) is 18.8 Å². The predicted molar refractivity (Wildman–Crippen MR) is 115 cm³/mol. The molecule has 0 aliphatic rings. The van der Waals surface area contributed by atoms with Gasteiger partial charge in [0.05, 0.1) is 16.7 Å². The van der Waals surface area contributed by atoms with E-state index in [0.29, 0.717) is 5.69 Å². The molecule has 0 unspecified atom stereocenters. The first-order chi connectivity index (χ1) is 13.0. The van der Waals surface area contributed by atoms with Crippen LogP contribution in [0.2, 0.25) is 0 Å². The van der Waals surface area contributed by atoms with Crippen molar-refractivity contribution in [2.24, 2.45) is 4.40 Å². The van der Waals surface area contributed by atoms with Crippen molar-refractivity contribution in [3.8, 4) is 0 Å². The number of hydrogen-bond acceptors (Lipinski definition) is 6. The smallest absolute Gasteiger partial charge is 0.425 e. The number of pyridine rings is 1. The monoisotopic (exact) mass is 425 g/mol. The Morgan fingerprint density at radius 2 is 1.45 bits per heavy atom. The van der Waals surface area contributed by atoms with Crippen LogP contribution in [0.15, 0.2) is 22.6 Å². The van der Waals surface area contributed by atoms with Gasteiger partial charge in [-0.1, -0.05) is 6.07 Å². The lowest BCUT2D eigenvalue weighted by atomic mass is 10.2. The van der Waals surface area contributed by atoms with Gasteiger partial charge in [0, 0.05) is 0 Å². The molecule has 0 saturated carbocycles. The van der Waals surface area contributed by atoms with Crippen molar-refractivity contribution in [2.75, 3.05) is 4.90 Å². The van der Waals surface area contributed by atoms with Gasteiger partial charge in [-0.05, 0) is 74.4 Å². The maximum atomic E-state index is 12.7. The summed E-state index contributed by atoms with van der Waals surface area (Å²) in [5.41, 5.74) is -1.31. The minimum Gasteiger partial charge on any atom is -0.443 e. The fourth-order valence-corrected chi connectivity index (χ4v) is 2.29. The van der Waals surface area contributed by atoms with E-state index in [1.807, 2.05) is 0 Å². The van der Waals surface area contributed by atoms with E-state index >= 15 is 0 Å². The standard InChI is InChI=1S/C20H31N3O5S/c1-18(2,3)27-16(24)23(17(25)28-19(4,5)6)15-12-10-11-14(22-15)13-21-29(26)20(7,8)9/h10-13H,1-9H3/t29-/m1/s1. The maximum absolute atomic E-state index is 12.7. The van der Waals surface area contributed by atoms with E-state index in [1.165, 1.54) is 12.3 Å². The first kappa shape index (κ1) is 24.7. The van der Waals surface area contributed by atoms with Crippen LogP contribution in [0, 0.1) is 0 Å². The first-order valence-corrected chi connectivity index (χ1v) is 10.3. The third-order valence-corrected chi connectivity index (χ3v) is 4.29. The van der Waals surface area contributed by atoms with Crippen LogP contribution in [0.1, 0.15) is 68.0 Å². The number of imide groups is 1. The highest BCUT2D eigenvalue weighted by Crippen LogP contribution is 2.20. The van der Waals surface area contributed by atoms with Crippen molar-refractivity contribution in [3.63, 3.8) is 0 Å². The zero-order valence-corrected chi connectivity index (χ0v) is 19.4. The van der Waals surface area contributed by atoms with Gasteiger partial charge in [-0.2, -0.15) is 9.30 Å². The molecule has 29 heavy (non-hydrogen) atoms. The fraction of sp³-hybridized carbons (Fsp3) is 0.600. The summed E-state index contributed by atoms with van der Waals surface area (Å²) in [6, 6.07) is 4.70. The van der Waals surface area contributed by atoms with Gasteiger partial charge >= 0.3 is 12.2 Å². The van der Waals surface area contributed by atoms with E-state index in [4.69, 9.17) is 9.47 Å². The third kappa shape index (κ3) is 8.72. The Hall–Kier alpha value is -2.29. The number of carbonyl (C=O) groups is 2. The molecule has 2 amide bonds. The summed E-state index contributed by atoms with van der Waals surface area (Å²) in [4.78, 5) is 30.4. The number of aromatic nitrogens is 1. The average Bonchev–Trinajstić information content (AvgIpc) is 2.48. The Bertz CT molecular complexity index is 774. The highest BCUT2D eigenvalue weighted by Gasteiger charge is 2.33. The van der Waals surface area contributed by atoms with Crippen LogP contribution < -0.4 is 4.90 Å². The van der Waals surface area contributed by atoms with Gasteiger partial charge in [0.25, 0.3) is 0 Å². The lowest BCUT2D eigenvalue weighted by Crippen LogP contribution is -2.44. The molecule has 0 saturated heterocycles. The van der Waals surface area contributed by atoms with E-state index in [1.54, 1.807) is 74.4 Å². The Balaban J connectivity index is 3.28. The number of rotatable bonds is 3. The number of ether oxygens (including phenoxy) is 2. The molecule has 1 atom stereocenters. The van der Waals surface area contributed by atoms with E-state index in [-0.39, 0.29) is 5.82 Å². The maximum Gasteiger partial charge on any atom is 0.425 e. The zero-order chi connectivity index (χ0) is 22.6. The summed E-state index contributed by atoms with van der Waals surface area (Å²) < 4.78 is 26.3. The number of amides is 2. The number of anilines is 1. The zero-order valence-electron chi connectivity index (χ0n) is 18.6. The number of carbonyl (C=O) groups excluding carboxylic acids is 2. The van der Waals surface area contributed by atoms with E-state index < -0.39 is 39.1 Å². The van der Waals surface area contributed by atoms with Crippen molar-refractivity contribution in [3.05, 3.63) is 23.9 Å². The van der Waals surface area contributed by atoms with Crippen molar-refractivity contribution in [1.29, 1.82) is 0 Å². The second-order valence-corrected chi connectivity index (χ2v) is 11.2. The van der Waals surface area contributed by atoms with Crippen molar-refractivity contribution >= 4 is 35.2 Å². The lowest BCUT2D eigenvalue weighted by molar-refractivity contribution is 0.0429. The quantitative estimate of drug-likeness (QED) is 0.654. The predicted octanol–water partition coefficient (Wildman–Crippen LogP) is 4.64. The van der Waals surface area contributed by atoms with Crippen molar-refractivity contribution in [1.82, 2.24) is 4.98 Å². The van der Waals surface area contributed by atoms with Gasteiger partial charge in [0.15, 0.2) is 0 Å². The molecule has 8 nitrogen and oxygen atoms in total. The second kappa shape index (κ2) is 9.02. The molecule has 1 aromatic rings. The molecule has 1 heterocycles. The molecule has 1 rings (SSSR count). The van der Waals surface area contributed by atoms with Crippen LogP contribution in [0.5, 0.6) is 0 Å². The lowest BCUT2D eigenvalue weighted by Gasteiger charge is -2.28. The average molecular weight is 426 g/mol. The van der Waals surface area contributed by atoms with Crippen LogP contribution in [-0.4, -0.2) is 43.5 Å². The Morgan fingerprint density at radius 1 is 0.966 bits per heavy atom. The summed E-state index contributed by atoms with van der Waals surface area (Å²) in [7, 11) is -1.47. The third-order valence-electron chi connectivity index (χ3n) is 2.94. The van der Waals surface area contributed by atoms with Crippen molar-refractivity contribution in [2.45, 2.75) is 78.3 Å². The summed E-state index contributed by atoms with van der Waals surface area (Å²) in [6.07, 6.45) is -0.481. The molecular weight excluding hydrogens is 394 g/mol. The molecule has 0 aliphatic carbocycles. The van der Waals surface area contributed by atoms with Crippen molar-refractivity contribution < 1.29 is 23.3 Å². The Labute approximate surface area is 175 Å². The van der Waals surface area contributed by atoms with Gasteiger partial charge in [-0.3, -0.25) is 0 Å². The molecule has 0 fully saturated rings. The minimum absolute atomic E-state index is 0.0130. The molecule has 0 radical (unpaired) electrons. The molecule has 0 bridgehead atoms. The molecule has 1 aromatic heterocycles. The molecule has 0 aromatic carbocycles. The van der Waals surface area contributed by atoms with Crippen LogP contribution in [0.3, 0.4) is 0 Å². The Kier molecular flexibility index (Phi) is 7.70. The second-order valence-electron chi connectivity index (χ2n) is 9.31. The van der Waals surface area contributed by atoms with Crippen LogP contribution in [0.4, 0.5) is 15.4 Å². The summed E-state index contributed by atoms with van der Waals surface area (Å²) in [5.74, 6) is 0.0130. The minimum atomic E-state index is -1.47. The summed E-state index contributed by atoms with van der Waals surface area (Å²) in [6.45, 7) is 15.6. The molecule has 0 N–H and O–H groups in total. The normalized spacial score (nSPS) is 13.8. The van der Waals surface area contributed by atoms with Gasteiger partial charge in [0.1, 0.15) is 28.0 Å². The van der Waals surface area contributed by atoms with Gasteiger partial charge in [-0.15, -0.1) is 0 Å². The van der Waals surface area contributed by atoms with E-state index in [0.717, 1.165) is 4.90 Å². The topological polar surface area (TPSA) is 98.2 Å². The number of hydrogen-bond donors (Lipinski definition) is 0.